The number of amides is 1. The minimum Gasteiger partial charge on any atom is -0.376 e. The second kappa shape index (κ2) is 6.54. The van der Waals surface area contributed by atoms with E-state index in [1.165, 1.54) is 0 Å². The van der Waals surface area contributed by atoms with Crippen LogP contribution >= 0.6 is 0 Å². The minimum atomic E-state index is -0.300. The number of nitrogens with one attached hydrogen (secondary N) is 2. The minimum absolute atomic E-state index is 0.0423. The Morgan fingerprint density at radius 1 is 1.25 bits per heavy atom. The van der Waals surface area contributed by atoms with Gasteiger partial charge < -0.3 is 15.2 Å². The fourth-order valence-corrected chi connectivity index (χ4v) is 4.10. The topological polar surface area (TPSA) is 84.8 Å². The van der Waals surface area contributed by atoms with Gasteiger partial charge in [0, 0.05) is 34.7 Å². The molecule has 6 nitrogen and oxygen atoms in total. The number of aromatic nitrogens is 2. The van der Waals surface area contributed by atoms with Gasteiger partial charge in [0.05, 0.1) is 23.6 Å². The predicted molar refractivity (Wildman–Crippen MR) is 110 cm³/mol. The van der Waals surface area contributed by atoms with E-state index in [9.17, 15) is 10.1 Å². The largest absolute Gasteiger partial charge is 0.376 e. The van der Waals surface area contributed by atoms with Gasteiger partial charge >= 0.3 is 0 Å². The van der Waals surface area contributed by atoms with Gasteiger partial charge in [0.1, 0.15) is 6.04 Å². The van der Waals surface area contributed by atoms with Gasteiger partial charge in [-0.15, -0.1) is 0 Å². The Bertz CT molecular complexity index is 1250. The van der Waals surface area contributed by atoms with Gasteiger partial charge in [0.15, 0.2) is 0 Å². The molecule has 3 heterocycles. The molecule has 0 radical (unpaired) electrons. The van der Waals surface area contributed by atoms with Crippen LogP contribution in [0.2, 0.25) is 0 Å². The third-order valence-electron chi connectivity index (χ3n) is 5.51. The highest BCUT2D eigenvalue weighted by Crippen LogP contribution is 2.32. The van der Waals surface area contributed by atoms with Gasteiger partial charge in [-0.3, -0.25) is 9.78 Å². The zero-order chi connectivity index (χ0) is 19.1. The standard InChI is InChI=1S/C22H19N5O/c23-12-15-5-3-9-27(15)21(28)13-25-19-11-20-17(22-16(19)7-8-24-22)10-14-4-1-2-6-18(14)26-20/h1-2,4,6-8,10-11,15,25-26H,3,5,9,13H2. The Labute approximate surface area is 161 Å². The number of H-pyrrole nitrogens is 1. The molecule has 0 bridgehead atoms. The Kier molecular flexibility index (Phi) is 3.87. The highest BCUT2D eigenvalue weighted by atomic mass is 16.2. The van der Waals surface area contributed by atoms with Crippen molar-refractivity contribution in [3.63, 3.8) is 0 Å². The quantitative estimate of drug-likeness (QED) is 0.538. The van der Waals surface area contributed by atoms with Crippen molar-refractivity contribution in [2.75, 3.05) is 18.4 Å². The Hall–Kier alpha value is -3.59. The zero-order valence-electron chi connectivity index (χ0n) is 15.3. The number of nitrogens with zero attached hydrogens (tertiary/aromatic N) is 3. The van der Waals surface area contributed by atoms with Crippen molar-refractivity contribution >= 4 is 44.3 Å². The van der Waals surface area contributed by atoms with Crippen molar-refractivity contribution in [2.45, 2.75) is 18.9 Å². The Morgan fingerprint density at radius 2 is 2.14 bits per heavy atom. The molecular weight excluding hydrogens is 350 g/mol. The summed E-state index contributed by atoms with van der Waals surface area (Å²) in [5, 5.41) is 15.7. The maximum Gasteiger partial charge on any atom is 0.242 e. The number of hydrogen-bond acceptors (Lipinski definition) is 4. The number of para-hydroxylation sites is 1. The van der Waals surface area contributed by atoms with Crippen LogP contribution < -0.4 is 5.32 Å². The van der Waals surface area contributed by atoms with Crippen LogP contribution in [-0.4, -0.2) is 39.9 Å². The van der Waals surface area contributed by atoms with Crippen molar-refractivity contribution < 1.29 is 4.79 Å². The van der Waals surface area contributed by atoms with Crippen LogP contribution in [0.4, 0.5) is 5.69 Å². The molecule has 0 aliphatic carbocycles. The number of anilines is 1. The number of nitriles is 1. The molecule has 0 spiro atoms. The number of carbonyl (C=O) groups is 1. The molecule has 4 aromatic rings. The molecule has 2 aromatic heterocycles. The third-order valence-corrected chi connectivity index (χ3v) is 5.51. The van der Waals surface area contributed by atoms with Crippen molar-refractivity contribution in [1.29, 1.82) is 5.26 Å². The molecule has 1 atom stereocenters. The van der Waals surface area contributed by atoms with E-state index in [4.69, 9.17) is 0 Å². The first-order valence-corrected chi connectivity index (χ1v) is 9.47. The number of pyridine rings is 1. The molecule has 1 unspecified atom stereocenters. The summed E-state index contributed by atoms with van der Waals surface area (Å²) in [6.07, 6.45) is 3.44. The second-order valence-corrected chi connectivity index (χ2v) is 7.18. The predicted octanol–water partition coefficient (Wildman–Crippen LogP) is 3.80. The summed E-state index contributed by atoms with van der Waals surface area (Å²) in [4.78, 5) is 22.3. The summed E-state index contributed by atoms with van der Waals surface area (Å²) in [6.45, 7) is 0.821. The molecule has 5 rings (SSSR count). The molecular formula is C22H19N5O. The van der Waals surface area contributed by atoms with E-state index in [-0.39, 0.29) is 18.5 Å². The van der Waals surface area contributed by atoms with Crippen molar-refractivity contribution in [3.8, 4) is 6.07 Å². The molecule has 1 aliphatic heterocycles. The Balaban J connectivity index is 1.52. The Morgan fingerprint density at radius 3 is 3.04 bits per heavy atom. The van der Waals surface area contributed by atoms with E-state index in [1.54, 1.807) is 11.1 Å². The molecule has 6 heteroatoms. The van der Waals surface area contributed by atoms with Crippen LogP contribution in [0, 0.1) is 11.3 Å². The van der Waals surface area contributed by atoms with E-state index in [0.29, 0.717) is 6.54 Å². The first-order valence-electron chi connectivity index (χ1n) is 9.47. The lowest BCUT2D eigenvalue weighted by Gasteiger charge is -2.20. The average Bonchev–Trinajstić information content (AvgIpc) is 3.40. The van der Waals surface area contributed by atoms with Crippen LogP contribution in [0.5, 0.6) is 0 Å². The van der Waals surface area contributed by atoms with Gasteiger partial charge in [-0.25, -0.2) is 0 Å². The molecule has 2 aromatic carbocycles. The first-order chi connectivity index (χ1) is 13.7. The van der Waals surface area contributed by atoms with Crippen molar-refractivity contribution in [2.24, 2.45) is 0 Å². The highest BCUT2D eigenvalue weighted by Gasteiger charge is 2.28. The molecule has 138 valence electrons. The molecule has 28 heavy (non-hydrogen) atoms. The van der Waals surface area contributed by atoms with E-state index >= 15 is 0 Å². The number of benzene rings is 2. The van der Waals surface area contributed by atoms with Gasteiger partial charge in [0.2, 0.25) is 5.91 Å². The number of fused-ring (bicyclic) bond motifs is 4. The van der Waals surface area contributed by atoms with Crippen LogP contribution in [-0.2, 0) is 4.79 Å². The molecule has 1 amide bonds. The van der Waals surface area contributed by atoms with E-state index < -0.39 is 0 Å². The number of aromatic amines is 1. The molecule has 1 saturated heterocycles. The summed E-state index contributed by atoms with van der Waals surface area (Å²) >= 11 is 0. The maximum absolute atomic E-state index is 12.6. The van der Waals surface area contributed by atoms with Gasteiger partial charge in [0.25, 0.3) is 0 Å². The lowest BCUT2D eigenvalue weighted by atomic mass is 10.1. The molecule has 1 fully saturated rings. The van der Waals surface area contributed by atoms with Crippen LogP contribution in [0.15, 0.2) is 48.7 Å². The van der Waals surface area contributed by atoms with Crippen molar-refractivity contribution in [1.82, 2.24) is 14.9 Å². The van der Waals surface area contributed by atoms with Crippen LogP contribution in [0.3, 0.4) is 0 Å². The van der Waals surface area contributed by atoms with E-state index in [2.05, 4.69) is 33.5 Å². The van der Waals surface area contributed by atoms with E-state index in [0.717, 1.165) is 51.2 Å². The number of hydrogen-bond donors (Lipinski definition) is 2. The molecule has 2 N–H and O–H groups in total. The molecule has 1 aliphatic rings. The van der Waals surface area contributed by atoms with Crippen LogP contribution in [0.1, 0.15) is 12.8 Å². The third kappa shape index (κ3) is 2.64. The van der Waals surface area contributed by atoms with Gasteiger partial charge in [-0.2, -0.15) is 5.26 Å². The first kappa shape index (κ1) is 16.6. The average molecular weight is 369 g/mol. The maximum atomic E-state index is 12.6. The van der Waals surface area contributed by atoms with E-state index in [1.807, 2.05) is 30.3 Å². The van der Waals surface area contributed by atoms with Crippen LogP contribution in [0.25, 0.3) is 32.7 Å². The van der Waals surface area contributed by atoms with Gasteiger partial charge in [-0.05, 0) is 42.5 Å². The normalized spacial score (nSPS) is 16.7. The second-order valence-electron chi connectivity index (χ2n) is 7.18. The summed E-state index contributed by atoms with van der Waals surface area (Å²) in [7, 11) is 0. The van der Waals surface area contributed by atoms with Gasteiger partial charge in [-0.1, -0.05) is 18.2 Å². The highest BCUT2D eigenvalue weighted by molar-refractivity contribution is 6.13. The fraction of sp³-hybridized carbons (Fsp3) is 0.227. The molecule has 0 saturated carbocycles. The number of likely N-dealkylation sites (tertiary alicyclic amines) is 1. The summed E-state index contributed by atoms with van der Waals surface area (Å²) in [6, 6.07) is 16.2. The number of rotatable bonds is 3. The zero-order valence-corrected chi connectivity index (χ0v) is 15.3. The SMILES string of the molecule is N#CC1CCCN1C(=O)CNc1cc2[nH]c3ccccc3cc2c2nccc12. The summed E-state index contributed by atoms with van der Waals surface area (Å²) in [5.74, 6) is -0.0423. The summed E-state index contributed by atoms with van der Waals surface area (Å²) in [5.41, 5.74) is 3.80. The monoisotopic (exact) mass is 369 g/mol. The lowest BCUT2D eigenvalue weighted by Crippen LogP contribution is -2.38. The fourth-order valence-electron chi connectivity index (χ4n) is 4.10. The lowest BCUT2D eigenvalue weighted by molar-refractivity contribution is -0.129. The smallest absolute Gasteiger partial charge is 0.242 e. The summed E-state index contributed by atoms with van der Waals surface area (Å²) < 4.78 is 0. The number of carbonyl (C=O) groups excluding carboxylic acids is 1. The van der Waals surface area contributed by atoms with Crippen molar-refractivity contribution in [3.05, 3.63) is 48.7 Å².